The Morgan fingerprint density at radius 1 is 1.50 bits per heavy atom. The molecule has 0 fully saturated rings. The highest BCUT2D eigenvalue weighted by Crippen LogP contribution is 2.31. The maximum absolute atomic E-state index is 10.8. The Balaban J connectivity index is 2.46. The van der Waals surface area contributed by atoms with Crippen LogP contribution in [0.5, 0.6) is 0 Å². The maximum Gasteiger partial charge on any atom is 0.313 e. The highest BCUT2D eigenvalue weighted by Gasteiger charge is 2.21. The van der Waals surface area contributed by atoms with Gasteiger partial charge in [-0.1, -0.05) is 32.0 Å². The minimum atomic E-state index is -0.835. The van der Waals surface area contributed by atoms with Gasteiger partial charge in [-0.3, -0.25) is 4.79 Å². The lowest BCUT2D eigenvalue weighted by Crippen LogP contribution is -2.15. The van der Waals surface area contributed by atoms with Crippen LogP contribution in [0.4, 0.5) is 0 Å². The summed E-state index contributed by atoms with van der Waals surface area (Å²) in [5.74, 6) is -0.354. The number of carboxylic acid groups (broad SMARTS) is 1. The second-order valence-electron chi connectivity index (χ2n) is 4.92. The van der Waals surface area contributed by atoms with Crippen LogP contribution >= 0.6 is 11.8 Å². The van der Waals surface area contributed by atoms with Gasteiger partial charge in [0.2, 0.25) is 0 Å². The van der Waals surface area contributed by atoms with Gasteiger partial charge in [-0.2, -0.15) is 0 Å². The Labute approximate surface area is 122 Å². The average Bonchev–Trinajstić information content (AvgIpc) is 2.81. The maximum atomic E-state index is 10.8. The van der Waals surface area contributed by atoms with Crippen LogP contribution in [-0.4, -0.2) is 31.4 Å². The van der Waals surface area contributed by atoms with Crippen molar-refractivity contribution in [1.82, 2.24) is 14.5 Å². The van der Waals surface area contributed by atoms with Crippen LogP contribution in [0.15, 0.2) is 23.5 Å². The number of carboxylic acids is 1. The van der Waals surface area contributed by atoms with E-state index in [1.165, 1.54) is 11.8 Å². The van der Waals surface area contributed by atoms with Gasteiger partial charge in [-0.25, -0.2) is 9.97 Å². The van der Waals surface area contributed by atoms with E-state index < -0.39 is 5.97 Å². The summed E-state index contributed by atoms with van der Waals surface area (Å²) in [6.45, 7) is 6.47. The number of imidazole rings is 1. The molecule has 0 spiro atoms. The molecule has 2 rings (SSSR count). The topological polar surface area (TPSA) is 68.0 Å². The number of aromatic nitrogens is 3. The first-order valence-electron chi connectivity index (χ1n) is 6.72. The van der Waals surface area contributed by atoms with Crippen molar-refractivity contribution in [3.8, 4) is 0 Å². The van der Waals surface area contributed by atoms with E-state index >= 15 is 0 Å². The van der Waals surface area contributed by atoms with Crippen LogP contribution in [0.25, 0.3) is 11.2 Å². The van der Waals surface area contributed by atoms with Gasteiger partial charge >= 0.3 is 5.97 Å². The first-order valence-corrected chi connectivity index (χ1v) is 7.70. The van der Waals surface area contributed by atoms with Crippen molar-refractivity contribution in [3.05, 3.63) is 18.3 Å². The van der Waals surface area contributed by atoms with Crippen LogP contribution in [0.1, 0.15) is 33.2 Å². The molecule has 2 aromatic rings. The van der Waals surface area contributed by atoms with E-state index in [9.17, 15) is 4.79 Å². The van der Waals surface area contributed by atoms with Crippen molar-refractivity contribution in [2.45, 2.75) is 38.4 Å². The summed E-state index contributed by atoms with van der Waals surface area (Å²) in [5.41, 5.74) is 1.64. The number of rotatable bonds is 6. The largest absolute Gasteiger partial charge is 0.481 e. The van der Waals surface area contributed by atoms with Crippen molar-refractivity contribution in [2.75, 3.05) is 5.75 Å². The molecule has 108 valence electrons. The number of hydrogen-bond acceptors (Lipinski definition) is 4. The van der Waals surface area contributed by atoms with Gasteiger partial charge < -0.3 is 9.67 Å². The zero-order valence-electron chi connectivity index (χ0n) is 11.9. The molecule has 2 unspecified atom stereocenters. The summed E-state index contributed by atoms with van der Waals surface area (Å²) in [4.78, 5) is 19.7. The van der Waals surface area contributed by atoms with E-state index in [-0.39, 0.29) is 11.8 Å². The lowest BCUT2D eigenvalue weighted by Gasteiger charge is -2.22. The normalized spacial score (nSPS) is 14.3. The Morgan fingerprint density at radius 2 is 2.25 bits per heavy atom. The van der Waals surface area contributed by atoms with Crippen molar-refractivity contribution in [3.63, 3.8) is 0 Å². The number of nitrogens with zero attached hydrogens (tertiary/aromatic N) is 3. The third kappa shape index (κ3) is 2.95. The van der Waals surface area contributed by atoms with E-state index in [4.69, 9.17) is 5.11 Å². The number of aliphatic carboxylic acids is 1. The van der Waals surface area contributed by atoms with Crippen molar-refractivity contribution in [1.29, 1.82) is 0 Å². The smallest absolute Gasteiger partial charge is 0.313 e. The molecule has 20 heavy (non-hydrogen) atoms. The standard InChI is InChI=1S/C14H19N3O2S/c1-4-9(2)10(3)17-13-11(6-5-7-15-13)16-14(17)20-8-12(18)19/h5-7,9-10H,4,8H2,1-3H3,(H,18,19). The molecule has 5 nitrogen and oxygen atoms in total. The molecule has 0 aliphatic heterocycles. The molecule has 0 saturated heterocycles. The molecule has 2 heterocycles. The molecule has 0 bridgehead atoms. The molecule has 0 saturated carbocycles. The summed E-state index contributed by atoms with van der Waals surface area (Å²) in [6.07, 6.45) is 2.80. The molecule has 0 radical (unpaired) electrons. The third-order valence-corrected chi connectivity index (χ3v) is 4.55. The molecule has 0 aliphatic carbocycles. The summed E-state index contributed by atoms with van der Waals surface area (Å²) < 4.78 is 2.07. The van der Waals surface area contributed by atoms with Crippen LogP contribution < -0.4 is 0 Å². The Hall–Kier alpha value is -1.56. The highest BCUT2D eigenvalue weighted by molar-refractivity contribution is 7.99. The minimum Gasteiger partial charge on any atom is -0.481 e. The van der Waals surface area contributed by atoms with E-state index in [0.717, 1.165) is 22.7 Å². The molecular weight excluding hydrogens is 274 g/mol. The number of pyridine rings is 1. The van der Waals surface area contributed by atoms with Crippen molar-refractivity contribution < 1.29 is 9.90 Å². The van der Waals surface area contributed by atoms with Crippen molar-refractivity contribution in [2.24, 2.45) is 5.92 Å². The van der Waals surface area contributed by atoms with Gasteiger partial charge in [0.15, 0.2) is 10.8 Å². The average molecular weight is 293 g/mol. The molecule has 0 aliphatic rings. The van der Waals surface area contributed by atoms with Gasteiger partial charge in [-0.05, 0) is 25.0 Å². The fourth-order valence-corrected chi connectivity index (χ4v) is 2.91. The summed E-state index contributed by atoms with van der Waals surface area (Å²) in [7, 11) is 0. The zero-order valence-corrected chi connectivity index (χ0v) is 12.7. The number of fused-ring (bicyclic) bond motifs is 1. The Morgan fingerprint density at radius 3 is 2.90 bits per heavy atom. The lowest BCUT2D eigenvalue weighted by atomic mass is 10.0. The third-order valence-electron chi connectivity index (χ3n) is 3.62. The molecule has 1 N–H and O–H groups in total. The molecule has 6 heteroatoms. The van der Waals surface area contributed by atoms with Crippen LogP contribution in [-0.2, 0) is 4.79 Å². The predicted molar refractivity (Wildman–Crippen MR) is 80.1 cm³/mol. The van der Waals surface area contributed by atoms with Gasteiger partial charge in [0.1, 0.15) is 5.52 Å². The Kier molecular flexibility index (Phi) is 4.65. The van der Waals surface area contributed by atoms with Crippen LogP contribution in [0, 0.1) is 5.92 Å². The second kappa shape index (κ2) is 6.26. The molecule has 2 aromatic heterocycles. The summed E-state index contributed by atoms with van der Waals surface area (Å²) >= 11 is 1.25. The molecule has 0 amide bonds. The monoisotopic (exact) mass is 293 g/mol. The van der Waals surface area contributed by atoms with Crippen LogP contribution in [0.2, 0.25) is 0 Å². The van der Waals surface area contributed by atoms with E-state index in [1.807, 2.05) is 12.1 Å². The number of hydrogen-bond donors (Lipinski definition) is 1. The highest BCUT2D eigenvalue weighted by atomic mass is 32.2. The second-order valence-corrected chi connectivity index (χ2v) is 5.86. The Bertz CT molecular complexity index is 611. The van der Waals surface area contributed by atoms with Gasteiger partial charge in [-0.15, -0.1) is 0 Å². The van der Waals surface area contributed by atoms with E-state index in [1.54, 1.807) is 6.20 Å². The van der Waals surface area contributed by atoms with Gasteiger partial charge in [0.25, 0.3) is 0 Å². The first kappa shape index (κ1) is 14.8. The van der Waals surface area contributed by atoms with Gasteiger partial charge in [0.05, 0.1) is 5.75 Å². The number of carbonyl (C=O) groups is 1. The molecule has 2 atom stereocenters. The predicted octanol–water partition coefficient (Wildman–Crippen LogP) is 3.22. The fourth-order valence-electron chi connectivity index (χ4n) is 2.10. The van der Waals surface area contributed by atoms with E-state index in [0.29, 0.717) is 5.92 Å². The minimum absolute atomic E-state index is 0.0105. The lowest BCUT2D eigenvalue weighted by molar-refractivity contribution is -0.133. The number of thioether (sulfide) groups is 1. The van der Waals surface area contributed by atoms with Crippen LogP contribution in [0.3, 0.4) is 0 Å². The van der Waals surface area contributed by atoms with Crippen molar-refractivity contribution >= 4 is 28.9 Å². The quantitative estimate of drug-likeness (QED) is 0.828. The summed E-state index contributed by atoms with van der Waals surface area (Å²) in [6, 6.07) is 3.99. The fraction of sp³-hybridized carbons (Fsp3) is 0.500. The van der Waals surface area contributed by atoms with Gasteiger partial charge in [0, 0.05) is 12.2 Å². The summed E-state index contributed by atoms with van der Waals surface area (Å²) in [5, 5.41) is 9.59. The molecular formula is C14H19N3O2S. The molecule has 0 aromatic carbocycles. The first-order chi connectivity index (χ1) is 9.54. The SMILES string of the molecule is CCC(C)C(C)n1c(SCC(=O)O)nc2cccnc21. The van der Waals surface area contributed by atoms with E-state index in [2.05, 4.69) is 35.3 Å². The zero-order chi connectivity index (χ0) is 14.7.